The summed E-state index contributed by atoms with van der Waals surface area (Å²) in [6, 6.07) is 6.69. The fourth-order valence-electron chi connectivity index (χ4n) is 2.33. The number of aliphatic carboxylic acids is 1. The maximum Gasteiger partial charge on any atom is 0.326 e. The number of β-amino-alcohol motifs (C(OH)–C–C–N with tert-alkyl or cyclic N) is 1. The molecule has 0 saturated carbocycles. The van der Waals surface area contributed by atoms with E-state index in [0.717, 1.165) is 11.1 Å². The van der Waals surface area contributed by atoms with Crippen LogP contribution in [0.2, 0.25) is 0 Å². The van der Waals surface area contributed by atoms with E-state index in [9.17, 15) is 14.7 Å². The highest BCUT2D eigenvalue weighted by Crippen LogP contribution is 2.19. The third-order valence-electron chi connectivity index (χ3n) is 3.31. The molecule has 2 atom stereocenters. The lowest BCUT2D eigenvalue weighted by atomic mass is 10.1. The Kier molecular flexibility index (Phi) is 4.20. The number of amides is 1. The first kappa shape index (κ1) is 14.3. The summed E-state index contributed by atoms with van der Waals surface area (Å²) in [6.45, 7) is 2.02. The van der Waals surface area contributed by atoms with Gasteiger partial charge in [-0.3, -0.25) is 4.79 Å². The predicted octanol–water partition coefficient (Wildman–Crippen LogP) is 1.05. The SMILES string of the molecule is Cc1cccc(/C=C/C(=O)N2CC(O)C[C@H]2C(=O)O)c1. The zero-order chi connectivity index (χ0) is 14.7. The molecule has 1 saturated heterocycles. The van der Waals surface area contributed by atoms with E-state index in [2.05, 4.69) is 0 Å². The number of carbonyl (C=O) groups is 2. The zero-order valence-corrected chi connectivity index (χ0v) is 11.2. The van der Waals surface area contributed by atoms with Crippen LogP contribution >= 0.6 is 0 Å². The Hall–Kier alpha value is -2.14. The van der Waals surface area contributed by atoms with Crippen molar-refractivity contribution in [3.8, 4) is 0 Å². The first-order chi connectivity index (χ1) is 9.47. The van der Waals surface area contributed by atoms with Crippen molar-refractivity contribution in [2.45, 2.75) is 25.5 Å². The molecule has 0 radical (unpaired) electrons. The normalized spacial score (nSPS) is 22.4. The molecule has 0 aromatic heterocycles. The van der Waals surface area contributed by atoms with Crippen LogP contribution in [0.3, 0.4) is 0 Å². The molecule has 2 N–H and O–H groups in total. The van der Waals surface area contributed by atoms with E-state index in [-0.39, 0.29) is 13.0 Å². The summed E-state index contributed by atoms with van der Waals surface area (Å²) in [5.41, 5.74) is 1.96. The monoisotopic (exact) mass is 275 g/mol. The minimum absolute atomic E-state index is 0.0634. The largest absolute Gasteiger partial charge is 0.480 e. The highest BCUT2D eigenvalue weighted by Gasteiger charge is 2.37. The van der Waals surface area contributed by atoms with Gasteiger partial charge < -0.3 is 15.1 Å². The molecular formula is C15H17NO4. The Morgan fingerprint density at radius 2 is 2.15 bits per heavy atom. The number of nitrogens with zero attached hydrogens (tertiary/aromatic N) is 1. The third-order valence-corrected chi connectivity index (χ3v) is 3.31. The van der Waals surface area contributed by atoms with E-state index in [1.54, 1.807) is 6.08 Å². The molecular weight excluding hydrogens is 258 g/mol. The van der Waals surface area contributed by atoms with E-state index >= 15 is 0 Å². The molecule has 1 aliphatic rings. The number of benzene rings is 1. The lowest BCUT2D eigenvalue weighted by Crippen LogP contribution is -2.39. The Labute approximate surface area is 117 Å². The van der Waals surface area contributed by atoms with E-state index in [1.807, 2.05) is 31.2 Å². The van der Waals surface area contributed by atoms with Crippen molar-refractivity contribution in [3.05, 3.63) is 41.5 Å². The Balaban J connectivity index is 2.09. The molecule has 0 spiro atoms. The number of likely N-dealkylation sites (tertiary alicyclic amines) is 1. The van der Waals surface area contributed by atoms with Crippen molar-refractivity contribution in [2.24, 2.45) is 0 Å². The van der Waals surface area contributed by atoms with Gasteiger partial charge >= 0.3 is 5.97 Å². The predicted molar refractivity (Wildman–Crippen MR) is 74.0 cm³/mol. The molecule has 2 rings (SSSR count). The van der Waals surface area contributed by atoms with Gasteiger partial charge in [-0.15, -0.1) is 0 Å². The zero-order valence-electron chi connectivity index (χ0n) is 11.2. The van der Waals surface area contributed by atoms with Crippen molar-refractivity contribution in [2.75, 3.05) is 6.54 Å². The van der Waals surface area contributed by atoms with Crippen molar-refractivity contribution in [3.63, 3.8) is 0 Å². The van der Waals surface area contributed by atoms with Crippen LogP contribution in [-0.4, -0.2) is 45.7 Å². The smallest absolute Gasteiger partial charge is 0.326 e. The fraction of sp³-hybridized carbons (Fsp3) is 0.333. The minimum atomic E-state index is -1.08. The quantitative estimate of drug-likeness (QED) is 0.808. The Morgan fingerprint density at radius 1 is 1.40 bits per heavy atom. The standard InChI is InChI=1S/C15H17NO4/c1-10-3-2-4-11(7-10)5-6-14(18)16-9-12(17)8-13(16)15(19)20/h2-7,12-13,17H,8-9H2,1H3,(H,19,20)/b6-5+/t12?,13-/m0/s1. The van der Waals surface area contributed by atoms with Gasteiger partial charge in [-0.2, -0.15) is 0 Å². The highest BCUT2D eigenvalue weighted by atomic mass is 16.4. The van der Waals surface area contributed by atoms with E-state index in [0.29, 0.717) is 0 Å². The second-order valence-electron chi connectivity index (χ2n) is 4.98. The van der Waals surface area contributed by atoms with Gasteiger partial charge in [-0.05, 0) is 18.6 Å². The topological polar surface area (TPSA) is 77.8 Å². The van der Waals surface area contributed by atoms with Crippen LogP contribution in [0.25, 0.3) is 6.08 Å². The number of hydrogen-bond acceptors (Lipinski definition) is 3. The van der Waals surface area contributed by atoms with Gasteiger partial charge in [0, 0.05) is 19.0 Å². The number of hydrogen-bond donors (Lipinski definition) is 2. The summed E-state index contributed by atoms with van der Waals surface area (Å²) in [5.74, 6) is -1.48. The van der Waals surface area contributed by atoms with E-state index in [4.69, 9.17) is 5.11 Å². The van der Waals surface area contributed by atoms with Crippen LogP contribution in [0.4, 0.5) is 0 Å². The van der Waals surface area contributed by atoms with Crippen LogP contribution < -0.4 is 0 Å². The molecule has 1 unspecified atom stereocenters. The summed E-state index contributed by atoms with van der Waals surface area (Å²) in [6.07, 6.45) is 2.31. The molecule has 0 aliphatic carbocycles. The number of aliphatic hydroxyl groups is 1. The molecule has 0 bridgehead atoms. The molecule has 20 heavy (non-hydrogen) atoms. The molecule has 1 fully saturated rings. The van der Waals surface area contributed by atoms with Crippen LogP contribution in [0, 0.1) is 6.92 Å². The average Bonchev–Trinajstić information content (AvgIpc) is 2.78. The lowest BCUT2D eigenvalue weighted by molar-refractivity contribution is -0.146. The van der Waals surface area contributed by atoms with Crippen molar-refractivity contribution in [1.29, 1.82) is 0 Å². The van der Waals surface area contributed by atoms with Gasteiger partial charge in [0.05, 0.1) is 6.10 Å². The third kappa shape index (κ3) is 3.24. The van der Waals surface area contributed by atoms with Gasteiger partial charge in [0.25, 0.3) is 0 Å². The van der Waals surface area contributed by atoms with Gasteiger partial charge in [0.1, 0.15) is 6.04 Å². The Morgan fingerprint density at radius 3 is 2.80 bits per heavy atom. The van der Waals surface area contributed by atoms with Crippen molar-refractivity contribution >= 4 is 18.0 Å². The van der Waals surface area contributed by atoms with Crippen LogP contribution in [0.1, 0.15) is 17.5 Å². The van der Waals surface area contributed by atoms with Gasteiger partial charge in [0.2, 0.25) is 5.91 Å². The molecule has 5 nitrogen and oxygen atoms in total. The molecule has 1 aromatic rings. The van der Waals surface area contributed by atoms with E-state index < -0.39 is 24.0 Å². The number of carbonyl (C=O) groups excluding carboxylic acids is 1. The van der Waals surface area contributed by atoms with E-state index in [1.165, 1.54) is 11.0 Å². The maximum absolute atomic E-state index is 12.0. The average molecular weight is 275 g/mol. The highest BCUT2D eigenvalue weighted by molar-refractivity contribution is 5.94. The molecule has 5 heteroatoms. The Bertz CT molecular complexity index is 553. The van der Waals surface area contributed by atoms with Gasteiger partial charge in [0.15, 0.2) is 0 Å². The molecule has 106 valence electrons. The van der Waals surface area contributed by atoms with Crippen LogP contribution in [0.15, 0.2) is 30.3 Å². The number of carboxylic acid groups (broad SMARTS) is 1. The van der Waals surface area contributed by atoms with Crippen LogP contribution in [-0.2, 0) is 9.59 Å². The molecule has 1 amide bonds. The maximum atomic E-state index is 12.0. The van der Waals surface area contributed by atoms with Crippen LogP contribution in [0.5, 0.6) is 0 Å². The lowest BCUT2D eigenvalue weighted by Gasteiger charge is -2.19. The number of aliphatic hydroxyl groups excluding tert-OH is 1. The summed E-state index contributed by atoms with van der Waals surface area (Å²) >= 11 is 0. The number of rotatable bonds is 3. The first-order valence-corrected chi connectivity index (χ1v) is 6.43. The second-order valence-corrected chi connectivity index (χ2v) is 4.98. The number of aryl methyl sites for hydroxylation is 1. The summed E-state index contributed by atoms with van der Waals surface area (Å²) in [7, 11) is 0. The second kappa shape index (κ2) is 5.88. The van der Waals surface area contributed by atoms with Gasteiger partial charge in [-0.25, -0.2) is 4.79 Å². The van der Waals surface area contributed by atoms with Gasteiger partial charge in [-0.1, -0.05) is 29.8 Å². The summed E-state index contributed by atoms with van der Waals surface area (Å²) < 4.78 is 0. The molecule has 1 heterocycles. The summed E-state index contributed by atoms with van der Waals surface area (Å²) in [4.78, 5) is 24.3. The summed E-state index contributed by atoms with van der Waals surface area (Å²) in [5, 5.41) is 18.6. The molecule has 1 aromatic carbocycles. The molecule has 1 aliphatic heterocycles. The fourth-order valence-corrected chi connectivity index (χ4v) is 2.33. The van der Waals surface area contributed by atoms with Crippen molar-refractivity contribution < 1.29 is 19.8 Å². The number of carboxylic acids is 1. The first-order valence-electron chi connectivity index (χ1n) is 6.43. The minimum Gasteiger partial charge on any atom is -0.480 e. The van der Waals surface area contributed by atoms with Crippen molar-refractivity contribution in [1.82, 2.24) is 4.90 Å².